The summed E-state index contributed by atoms with van der Waals surface area (Å²) in [6, 6.07) is 2.75. The standard InChI is InChI=1S/C13H22BrNS/c1-6-15-13(9(4)8(2)3)11-7-12(14)16-10(11)5/h7-9,13,15H,6H2,1-5H3. The first-order valence-corrected chi connectivity index (χ1v) is 7.57. The summed E-state index contributed by atoms with van der Waals surface area (Å²) in [4.78, 5) is 1.42. The number of aryl methyl sites for hydroxylation is 1. The van der Waals surface area contributed by atoms with Gasteiger partial charge in [-0.15, -0.1) is 11.3 Å². The first-order chi connectivity index (χ1) is 7.47. The fraction of sp³-hybridized carbons (Fsp3) is 0.692. The second-order valence-corrected chi connectivity index (χ2v) is 7.34. The quantitative estimate of drug-likeness (QED) is 0.827. The topological polar surface area (TPSA) is 12.0 Å². The lowest BCUT2D eigenvalue weighted by Gasteiger charge is -2.28. The lowest BCUT2D eigenvalue weighted by molar-refractivity contribution is 0.307. The molecule has 0 spiro atoms. The predicted molar refractivity (Wildman–Crippen MR) is 77.2 cm³/mol. The molecule has 1 heterocycles. The van der Waals surface area contributed by atoms with Crippen molar-refractivity contribution in [3.8, 4) is 0 Å². The monoisotopic (exact) mass is 303 g/mol. The van der Waals surface area contributed by atoms with E-state index in [9.17, 15) is 0 Å². The molecule has 1 nitrogen and oxygen atoms in total. The smallest absolute Gasteiger partial charge is 0.0704 e. The first-order valence-electron chi connectivity index (χ1n) is 5.96. The highest BCUT2D eigenvalue weighted by Gasteiger charge is 2.23. The molecule has 0 saturated heterocycles. The molecule has 3 heteroatoms. The molecule has 0 radical (unpaired) electrons. The van der Waals surface area contributed by atoms with Crippen molar-refractivity contribution in [1.82, 2.24) is 5.32 Å². The highest BCUT2D eigenvalue weighted by molar-refractivity contribution is 9.11. The van der Waals surface area contributed by atoms with Crippen molar-refractivity contribution in [3.63, 3.8) is 0 Å². The molecule has 92 valence electrons. The van der Waals surface area contributed by atoms with Crippen molar-refractivity contribution < 1.29 is 0 Å². The molecule has 1 aromatic rings. The van der Waals surface area contributed by atoms with Crippen LogP contribution in [0.1, 0.15) is 44.2 Å². The summed E-state index contributed by atoms with van der Waals surface area (Å²) in [6.07, 6.45) is 0. The van der Waals surface area contributed by atoms with E-state index >= 15 is 0 Å². The Morgan fingerprint density at radius 3 is 2.38 bits per heavy atom. The molecule has 0 saturated carbocycles. The van der Waals surface area contributed by atoms with Crippen LogP contribution in [-0.4, -0.2) is 6.54 Å². The van der Waals surface area contributed by atoms with E-state index in [-0.39, 0.29) is 0 Å². The second-order valence-electron chi connectivity index (χ2n) is 4.70. The van der Waals surface area contributed by atoms with Crippen LogP contribution < -0.4 is 5.32 Å². The largest absolute Gasteiger partial charge is 0.310 e. The third-order valence-corrected chi connectivity index (χ3v) is 4.83. The van der Waals surface area contributed by atoms with Crippen molar-refractivity contribution >= 4 is 27.3 Å². The molecule has 0 fully saturated rings. The Labute approximate surface area is 112 Å². The Bertz CT molecular complexity index is 333. The zero-order valence-electron chi connectivity index (χ0n) is 10.8. The summed E-state index contributed by atoms with van der Waals surface area (Å²) in [5.41, 5.74) is 1.46. The highest BCUT2D eigenvalue weighted by Crippen LogP contribution is 2.35. The van der Waals surface area contributed by atoms with Crippen LogP contribution in [0.15, 0.2) is 9.85 Å². The Morgan fingerprint density at radius 1 is 1.38 bits per heavy atom. The van der Waals surface area contributed by atoms with Gasteiger partial charge in [0.1, 0.15) is 0 Å². The van der Waals surface area contributed by atoms with Crippen molar-refractivity contribution in [3.05, 3.63) is 20.3 Å². The Kier molecular flexibility index (Phi) is 5.48. The van der Waals surface area contributed by atoms with Gasteiger partial charge >= 0.3 is 0 Å². The number of thiophene rings is 1. The molecule has 2 atom stereocenters. The maximum Gasteiger partial charge on any atom is 0.0704 e. The van der Waals surface area contributed by atoms with E-state index in [1.807, 2.05) is 11.3 Å². The number of hydrogen-bond donors (Lipinski definition) is 1. The Hall–Kier alpha value is 0.140. The van der Waals surface area contributed by atoms with Crippen LogP contribution in [0.4, 0.5) is 0 Å². The predicted octanol–water partition coefficient (Wildman–Crippen LogP) is 4.76. The van der Waals surface area contributed by atoms with Crippen molar-refractivity contribution in [2.24, 2.45) is 11.8 Å². The molecule has 0 aliphatic rings. The molecule has 2 unspecified atom stereocenters. The zero-order valence-corrected chi connectivity index (χ0v) is 13.2. The molecule has 1 N–H and O–H groups in total. The SMILES string of the molecule is CCNC(c1cc(Br)sc1C)C(C)C(C)C. The lowest BCUT2D eigenvalue weighted by Crippen LogP contribution is -2.29. The second kappa shape index (κ2) is 6.18. The van der Waals surface area contributed by atoms with Crippen LogP contribution in [0.5, 0.6) is 0 Å². The van der Waals surface area contributed by atoms with E-state index < -0.39 is 0 Å². The van der Waals surface area contributed by atoms with Crippen molar-refractivity contribution in [1.29, 1.82) is 0 Å². The fourth-order valence-corrected chi connectivity index (χ4v) is 3.71. The molecule has 0 amide bonds. The lowest BCUT2D eigenvalue weighted by atomic mass is 9.86. The molecule has 1 rings (SSSR count). The summed E-state index contributed by atoms with van der Waals surface area (Å²) in [5, 5.41) is 3.62. The van der Waals surface area contributed by atoms with Crippen LogP contribution in [0.25, 0.3) is 0 Å². The first kappa shape index (κ1) is 14.2. The average molecular weight is 304 g/mol. The molecule has 16 heavy (non-hydrogen) atoms. The van der Waals surface area contributed by atoms with Gasteiger partial charge in [0.05, 0.1) is 3.79 Å². The van der Waals surface area contributed by atoms with Crippen molar-refractivity contribution in [2.45, 2.75) is 40.7 Å². The van der Waals surface area contributed by atoms with Gasteiger partial charge in [-0.05, 0) is 52.9 Å². The zero-order chi connectivity index (χ0) is 12.3. The maximum atomic E-state index is 3.62. The Morgan fingerprint density at radius 2 is 2.00 bits per heavy atom. The van der Waals surface area contributed by atoms with Gasteiger partial charge in [-0.1, -0.05) is 27.7 Å². The highest BCUT2D eigenvalue weighted by atomic mass is 79.9. The number of halogens is 1. The third kappa shape index (κ3) is 3.31. The van der Waals surface area contributed by atoms with Gasteiger partial charge in [0.25, 0.3) is 0 Å². The third-order valence-electron chi connectivity index (χ3n) is 3.26. The van der Waals surface area contributed by atoms with Gasteiger partial charge in [0.2, 0.25) is 0 Å². The van der Waals surface area contributed by atoms with Gasteiger partial charge in [0.15, 0.2) is 0 Å². The minimum Gasteiger partial charge on any atom is -0.310 e. The van der Waals surface area contributed by atoms with E-state index in [0.717, 1.165) is 6.54 Å². The summed E-state index contributed by atoms with van der Waals surface area (Å²) in [6.45, 7) is 12.3. The molecular formula is C13H22BrNS. The minimum absolute atomic E-state index is 0.479. The normalized spacial score (nSPS) is 15.4. The Balaban J connectivity index is 2.97. The van der Waals surface area contributed by atoms with Crippen LogP contribution >= 0.6 is 27.3 Å². The van der Waals surface area contributed by atoms with Gasteiger partial charge < -0.3 is 5.32 Å². The van der Waals surface area contributed by atoms with E-state index in [4.69, 9.17) is 0 Å². The summed E-state index contributed by atoms with van der Waals surface area (Å²) in [7, 11) is 0. The van der Waals surface area contributed by atoms with Crippen LogP contribution in [0.2, 0.25) is 0 Å². The van der Waals surface area contributed by atoms with Gasteiger partial charge in [0, 0.05) is 10.9 Å². The minimum atomic E-state index is 0.479. The number of hydrogen-bond acceptors (Lipinski definition) is 2. The number of rotatable bonds is 5. The molecule has 0 aromatic carbocycles. The molecule has 0 aliphatic heterocycles. The van der Waals surface area contributed by atoms with E-state index in [2.05, 4.69) is 61.9 Å². The van der Waals surface area contributed by atoms with Gasteiger partial charge in [-0.25, -0.2) is 0 Å². The van der Waals surface area contributed by atoms with E-state index in [0.29, 0.717) is 17.9 Å². The maximum absolute atomic E-state index is 3.62. The summed E-state index contributed by atoms with van der Waals surface area (Å²) in [5.74, 6) is 1.35. The average Bonchev–Trinajstić information content (AvgIpc) is 2.53. The van der Waals surface area contributed by atoms with Gasteiger partial charge in [-0.3, -0.25) is 0 Å². The molecule has 0 aliphatic carbocycles. The van der Waals surface area contributed by atoms with Crippen LogP contribution in [0, 0.1) is 18.8 Å². The number of nitrogens with one attached hydrogen (secondary N) is 1. The molecule has 1 aromatic heterocycles. The molecule has 0 bridgehead atoms. The van der Waals surface area contributed by atoms with Crippen LogP contribution in [0.3, 0.4) is 0 Å². The summed E-state index contributed by atoms with van der Waals surface area (Å²) < 4.78 is 1.24. The fourth-order valence-electron chi connectivity index (χ4n) is 1.95. The molecular weight excluding hydrogens is 282 g/mol. The summed E-state index contributed by atoms with van der Waals surface area (Å²) >= 11 is 5.41. The van der Waals surface area contributed by atoms with Gasteiger partial charge in [-0.2, -0.15) is 0 Å². The van der Waals surface area contributed by atoms with E-state index in [1.54, 1.807) is 0 Å². The van der Waals surface area contributed by atoms with Crippen LogP contribution in [-0.2, 0) is 0 Å². The van der Waals surface area contributed by atoms with Crippen molar-refractivity contribution in [2.75, 3.05) is 6.54 Å². The van der Waals surface area contributed by atoms with E-state index in [1.165, 1.54) is 14.2 Å².